The van der Waals surface area contributed by atoms with E-state index >= 15 is 0 Å². The maximum absolute atomic E-state index is 6.78. The first-order valence-electron chi connectivity index (χ1n) is 14.6. The summed E-state index contributed by atoms with van der Waals surface area (Å²) in [6.07, 6.45) is 0.801. The van der Waals surface area contributed by atoms with E-state index in [-0.39, 0.29) is 0 Å². The fourth-order valence-electron chi connectivity index (χ4n) is 7.25. The van der Waals surface area contributed by atoms with Crippen LogP contribution in [-0.2, 0) is 11.8 Å². The standard InChI is InChI=1S/C41H30O/c1-28-32-18-9-12-25-39(32)42-27-41(36-22-10-7-20-34(36)35-21-8-11-23-37(35)41)38-24-13-17-31(40(28)38)26-30-16-5-6-19-33(30)29-14-3-2-4-15-29/h2-25H,1,26-27H2. The van der Waals surface area contributed by atoms with E-state index in [1.165, 1.54) is 55.6 Å². The summed E-state index contributed by atoms with van der Waals surface area (Å²) in [5.74, 6) is 0.883. The average molecular weight is 539 g/mol. The number of hydrogen-bond acceptors (Lipinski definition) is 1. The van der Waals surface area contributed by atoms with Crippen LogP contribution in [-0.4, -0.2) is 6.61 Å². The maximum atomic E-state index is 6.78. The van der Waals surface area contributed by atoms with Crippen molar-refractivity contribution in [3.8, 4) is 28.0 Å². The molecule has 0 saturated heterocycles. The zero-order valence-electron chi connectivity index (χ0n) is 23.4. The van der Waals surface area contributed by atoms with Crippen LogP contribution < -0.4 is 4.74 Å². The molecule has 0 N–H and O–H groups in total. The average Bonchev–Trinajstić information content (AvgIpc) is 3.34. The number of hydrogen-bond donors (Lipinski definition) is 0. The van der Waals surface area contributed by atoms with Gasteiger partial charge < -0.3 is 4.74 Å². The topological polar surface area (TPSA) is 9.23 Å². The van der Waals surface area contributed by atoms with Crippen molar-refractivity contribution >= 4 is 5.57 Å². The Hall–Kier alpha value is -5.14. The van der Waals surface area contributed by atoms with E-state index in [9.17, 15) is 0 Å². The molecule has 0 saturated carbocycles. The van der Waals surface area contributed by atoms with Crippen LogP contribution >= 0.6 is 0 Å². The Kier molecular flexibility index (Phi) is 5.72. The molecule has 0 amide bonds. The van der Waals surface area contributed by atoms with Crippen LogP contribution in [0.3, 0.4) is 0 Å². The third-order valence-corrected chi connectivity index (χ3v) is 9.12. The van der Waals surface area contributed by atoms with E-state index in [2.05, 4.69) is 146 Å². The van der Waals surface area contributed by atoms with Gasteiger partial charge in [-0.25, -0.2) is 0 Å². The number of rotatable bonds is 3. The second-order valence-corrected chi connectivity index (χ2v) is 11.3. The van der Waals surface area contributed by atoms with Gasteiger partial charge in [0.15, 0.2) is 0 Å². The molecule has 0 aromatic heterocycles. The molecule has 1 aliphatic heterocycles. The molecule has 0 atom stereocenters. The minimum Gasteiger partial charge on any atom is -0.491 e. The molecule has 1 spiro atoms. The summed E-state index contributed by atoms with van der Waals surface area (Å²) in [7, 11) is 0. The van der Waals surface area contributed by atoms with Gasteiger partial charge in [-0.3, -0.25) is 0 Å². The third kappa shape index (κ3) is 3.63. The van der Waals surface area contributed by atoms with Crippen LogP contribution in [0, 0.1) is 0 Å². The van der Waals surface area contributed by atoms with Crippen LogP contribution in [0.25, 0.3) is 27.8 Å². The minimum atomic E-state index is -0.464. The highest BCUT2D eigenvalue weighted by Gasteiger charge is 2.47. The summed E-state index contributed by atoms with van der Waals surface area (Å²) in [5.41, 5.74) is 14.3. The van der Waals surface area contributed by atoms with Crippen LogP contribution in [0.2, 0.25) is 0 Å². The van der Waals surface area contributed by atoms with Crippen molar-refractivity contribution in [1.82, 2.24) is 0 Å². The lowest BCUT2D eigenvalue weighted by molar-refractivity contribution is 0.266. The molecule has 1 aliphatic carbocycles. The zero-order chi connectivity index (χ0) is 28.1. The molecule has 1 heteroatoms. The van der Waals surface area contributed by atoms with Crippen LogP contribution in [0.4, 0.5) is 0 Å². The first-order valence-corrected chi connectivity index (χ1v) is 14.6. The van der Waals surface area contributed by atoms with E-state index in [0.717, 1.165) is 23.3 Å². The van der Waals surface area contributed by atoms with Gasteiger partial charge in [-0.05, 0) is 73.7 Å². The monoisotopic (exact) mass is 538 g/mol. The van der Waals surface area contributed by atoms with Crippen molar-refractivity contribution in [3.63, 3.8) is 0 Å². The molecule has 0 radical (unpaired) electrons. The van der Waals surface area contributed by atoms with Gasteiger partial charge in [-0.1, -0.05) is 146 Å². The molecule has 1 nitrogen and oxygen atoms in total. The van der Waals surface area contributed by atoms with Crippen molar-refractivity contribution in [1.29, 1.82) is 0 Å². The van der Waals surface area contributed by atoms with E-state index in [1.807, 2.05) is 0 Å². The molecule has 6 aromatic rings. The van der Waals surface area contributed by atoms with Crippen molar-refractivity contribution in [2.24, 2.45) is 0 Å². The van der Waals surface area contributed by atoms with E-state index < -0.39 is 5.41 Å². The van der Waals surface area contributed by atoms with Crippen molar-refractivity contribution < 1.29 is 4.74 Å². The number of para-hydroxylation sites is 1. The molecule has 0 fully saturated rings. The number of benzene rings is 6. The smallest absolute Gasteiger partial charge is 0.127 e. The van der Waals surface area contributed by atoms with Gasteiger partial charge in [-0.2, -0.15) is 0 Å². The van der Waals surface area contributed by atoms with Gasteiger partial charge in [0, 0.05) is 5.56 Å². The third-order valence-electron chi connectivity index (χ3n) is 9.12. The van der Waals surface area contributed by atoms with Crippen LogP contribution in [0.15, 0.2) is 152 Å². The fourth-order valence-corrected chi connectivity index (χ4v) is 7.25. The maximum Gasteiger partial charge on any atom is 0.127 e. The van der Waals surface area contributed by atoms with Crippen LogP contribution in [0.5, 0.6) is 5.75 Å². The fraction of sp³-hybridized carbons (Fsp3) is 0.0732. The van der Waals surface area contributed by atoms with E-state index in [0.29, 0.717) is 6.61 Å². The summed E-state index contributed by atoms with van der Waals surface area (Å²) >= 11 is 0. The Balaban J connectivity index is 1.41. The second kappa shape index (κ2) is 9.75. The van der Waals surface area contributed by atoms with Gasteiger partial charge in [-0.15, -0.1) is 0 Å². The first-order chi connectivity index (χ1) is 20.8. The van der Waals surface area contributed by atoms with Gasteiger partial charge >= 0.3 is 0 Å². The summed E-state index contributed by atoms with van der Waals surface area (Å²) in [5, 5.41) is 0. The van der Waals surface area contributed by atoms with Gasteiger partial charge in [0.2, 0.25) is 0 Å². The summed E-state index contributed by atoms with van der Waals surface area (Å²) in [4.78, 5) is 0. The molecule has 200 valence electrons. The SMILES string of the molecule is C=C1c2ccccc2OCC2(c3ccccc3-c3ccccc32)c2cccc(Cc3ccccc3-c3ccccc3)c21. The number of fused-ring (bicyclic) bond motifs is 8. The second-order valence-electron chi connectivity index (χ2n) is 11.3. The quantitative estimate of drug-likeness (QED) is 0.218. The van der Waals surface area contributed by atoms with Crippen molar-refractivity contribution in [2.45, 2.75) is 11.8 Å². The molecule has 2 aliphatic rings. The number of ether oxygens (including phenoxy) is 1. The Morgan fingerprint density at radius 1 is 0.500 bits per heavy atom. The normalized spacial score (nSPS) is 14.1. The molecule has 8 rings (SSSR count). The van der Waals surface area contributed by atoms with Gasteiger partial charge in [0.25, 0.3) is 0 Å². The predicted molar refractivity (Wildman–Crippen MR) is 173 cm³/mol. The molecular formula is C41H30O. The highest BCUT2D eigenvalue weighted by molar-refractivity contribution is 5.90. The highest BCUT2D eigenvalue weighted by atomic mass is 16.5. The highest BCUT2D eigenvalue weighted by Crippen LogP contribution is 2.55. The predicted octanol–water partition coefficient (Wildman–Crippen LogP) is 9.71. The first kappa shape index (κ1) is 24.6. The summed E-state index contributed by atoms with van der Waals surface area (Å²) in [6, 6.07) is 52.4. The van der Waals surface area contributed by atoms with E-state index in [1.54, 1.807) is 0 Å². The molecule has 0 unspecified atom stereocenters. The molecular weight excluding hydrogens is 508 g/mol. The molecule has 0 bridgehead atoms. The van der Waals surface area contributed by atoms with Gasteiger partial charge in [0.05, 0.1) is 5.41 Å². The molecule has 42 heavy (non-hydrogen) atoms. The van der Waals surface area contributed by atoms with Crippen molar-refractivity contribution in [3.05, 3.63) is 191 Å². The van der Waals surface area contributed by atoms with Gasteiger partial charge in [0.1, 0.15) is 12.4 Å². The molecule has 1 heterocycles. The largest absolute Gasteiger partial charge is 0.491 e. The Morgan fingerprint density at radius 2 is 1.05 bits per heavy atom. The molecule has 6 aromatic carbocycles. The van der Waals surface area contributed by atoms with E-state index in [4.69, 9.17) is 11.3 Å². The van der Waals surface area contributed by atoms with Crippen molar-refractivity contribution in [2.75, 3.05) is 6.61 Å². The lowest BCUT2D eigenvalue weighted by Gasteiger charge is -2.37. The summed E-state index contributed by atoms with van der Waals surface area (Å²) in [6.45, 7) is 5.28. The zero-order valence-corrected chi connectivity index (χ0v) is 23.4. The lowest BCUT2D eigenvalue weighted by Crippen LogP contribution is -2.36. The lowest BCUT2D eigenvalue weighted by atomic mass is 9.68. The Morgan fingerprint density at radius 3 is 1.79 bits per heavy atom. The Bertz CT molecular complexity index is 1940. The summed E-state index contributed by atoms with van der Waals surface area (Å²) < 4.78 is 6.78. The minimum absolute atomic E-state index is 0.464. The van der Waals surface area contributed by atoms with Crippen LogP contribution in [0.1, 0.15) is 38.9 Å². The Labute approximate surface area is 247 Å².